The van der Waals surface area contributed by atoms with Crippen LogP contribution in [0.4, 0.5) is 4.79 Å². The highest BCUT2D eigenvalue weighted by Crippen LogP contribution is 2.36. The fourth-order valence-electron chi connectivity index (χ4n) is 4.21. The molecule has 0 atom stereocenters. The molecule has 2 saturated heterocycles. The van der Waals surface area contributed by atoms with E-state index in [0.29, 0.717) is 38.5 Å². The Morgan fingerprint density at radius 3 is 2.52 bits per heavy atom. The molecular weight excluding hydrogens is 348 g/mol. The summed E-state index contributed by atoms with van der Waals surface area (Å²) >= 11 is 0. The normalized spacial score (nSPS) is 29.9. The van der Waals surface area contributed by atoms with E-state index in [2.05, 4.69) is 36.3 Å². The predicted octanol–water partition coefficient (Wildman–Crippen LogP) is 0.714. The molecule has 0 aromatic heterocycles. The smallest absolute Gasteiger partial charge is 0.325 e. The van der Waals surface area contributed by atoms with Gasteiger partial charge in [-0.15, -0.1) is 0 Å². The van der Waals surface area contributed by atoms with Gasteiger partial charge in [-0.25, -0.2) is 4.79 Å². The van der Waals surface area contributed by atoms with Crippen molar-refractivity contribution in [2.75, 3.05) is 39.4 Å². The van der Waals surface area contributed by atoms with Gasteiger partial charge in [0, 0.05) is 25.2 Å². The molecule has 1 saturated carbocycles. The van der Waals surface area contributed by atoms with Crippen molar-refractivity contribution in [2.45, 2.75) is 57.5 Å². The molecule has 0 aromatic rings. The molecule has 4 amide bonds. The number of hydrogen-bond acceptors (Lipinski definition) is 5. The first-order chi connectivity index (χ1) is 12.7. The van der Waals surface area contributed by atoms with Gasteiger partial charge < -0.3 is 15.4 Å². The molecule has 0 radical (unpaired) electrons. The standard InChI is InChI=1S/C19H32N4O4/c1-14-4-6-19(7-5-14)16(25)23(17(26)21-19)12-15(24)20-13-18(2,3)22-8-10-27-11-9-22/h14H,4-13H2,1-3H3,(H,20,24)(H,21,26). The Morgan fingerprint density at radius 2 is 1.89 bits per heavy atom. The Balaban J connectivity index is 1.53. The van der Waals surface area contributed by atoms with E-state index in [4.69, 9.17) is 4.74 Å². The maximum atomic E-state index is 12.8. The van der Waals surface area contributed by atoms with Crippen LogP contribution in [0.15, 0.2) is 0 Å². The fraction of sp³-hybridized carbons (Fsp3) is 0.842. The summed E-state index contributed by atoms with van der Waals surface area (Å²) in [5.41, 5.74) is -1.01. The zero-order valence-electron chi connectivity index (χ0n) is 16.7. The van der Waals surface area contributed by atoms with Gasteiger partial charge in [0.2, 0.25) is 5.91 Å². The van der Waals surface area contributed by atoms with Crippen molar-refractivity contribution < 1.29 is 19.1 Å². The number of hydrogen-bond donors (Lipinski definition) is 2. The summed E-state index contributed by atoms with van der Waals surface area (Å²) in [5, 5.41) is 5.75. The minimum absolute atomic E-state index is 0.211. The van der Waals surface area contributed by atoms with Gasteiger partial charge in [-0.05, 0) is 45.4 Å². The van der Waals surface area contributed by atoms with Crippen LogP contribution < -0.4 is 10.6 Å². The number of nitrogens with zero attached hydrogens (tertiary/aromatic N) is 2. The highest BCUT2D eigenvalue weighted by Gasteiger charge is 2.52. The van der Waals surface area contributed by atoms with Gasteiger partial charge >= 0.3 is 6.03 Å². The molecule has 2 aliphatic heterocycles. The maximum absolute atomic E-state index is 12.8. The third-order valence-electron chi connectivity index (χ3n) is 6.26. The summed E-state index contributed by atoms with van der Waals surface area (Å²) in [4.78, 5) is 40.9. The molecule has 8 heteroatoms. The summed E-state index contributed by atoms with van der Waals surface area (Å²) in [6.07, 6.45) is 3.14. The Morgan fingerprint density at radius 1 is 1.26 bits per heavy atom. The average Bonchev–Trinajstić information content (AvgIpc) is 2.88. The lowest BCUT2D eigenvalue weighted by Crippen LogP contribution is -2.56. The van der Waals surface area contributed by atoms with Gasteiger partial charge in [-0.3, -0.25) is 19.4 Å². The molecule has 0 aromatic carbocycles. The monoisotopic (exact) mass is 380 g/mol. The molecule has 0 bridgehead atoms. The molecule has 3 rings (SSSR count). The molecular formula is C19H32N4O4. The summed E-state index contributed by atoms with van der Waals surface area (Å²) in [5.74, 6) is 0.0168. The van der Waals surface area contributed by atoms with Gasteiger partial charge in [0.1, 0.15) is 12.1 Å². The quantitative estimate of drug-likeness (QED) is 0.686. The lowest BCUT2D eigenvalue weighted by molar-refractivity contribution is -0.136. The number of carbonyl (C=O) groups is 3. The molecule has 1 spiro atoms. The van der Waals surface area contributed by atoms with Crippen LogP contribution >= 0.6 is 0 Å². The van der Waals surface area contributed by atoms with Crippen LogP contribution in [-0.2, 0) is 14.3 Å². The second-order valence-electron chi connectivity index (χ2n) is 8.77. The van der Waals surface area contributed by atoms with Crippen LogP contribution in [0, 0.1) is 5.92 Å². The Labute approximate surface area is 161 Å². The van der Waals surface area contributed by atoms with Crippen LogP contribution in [0.3, 0.4) is 0 Å². The summed E-state index contributed by atoms with van der Waals surface area (Å²) < 4.78 is 5.38. The largest absolute Gasteiger partial charge is 0.379 e. The highest BCUT2D eigenvalue weighted by atomic mass is 16.5. The van der Waals surface area contributed by atoms with Crippen LogP contribution in [0.1, 0.15) is 46.5 Å². The number of morpholine rings is 1. The first-order valence-corrected chi connectivity index (χ1v) is 9.97. The maximum Gasteiger partial charge on any atom is 0.325 e. The lowest BCUT2D eigenvalue weighted by atomic mass is 9.77. The van der Waals surface area contributed by atoms with Gasteiger partial charge in [0.05, 0.1) is 13.2 Å². The molecule has 3 aliphatic rings. The zero-order chi connectivity index (χ0) is 19.7. The third kappa shape index (κ3) is 4.27. The molecule has 2 N–H and O–H groups in total. The highest BCUT2D eigenvalue weighted by molar-refractivity contribution is 6.09. The van der Waals surface area contributed by atoms with E-state index >= 15 is 0 Å². The van der Waals surface area contributed by atoms with Crippen molar-refractivity contribution >= 4 is 17.8 Å². The number of amides is 4. The van der Waals surface area contributed by atoms with Crippen molar-refractivity contribution in [3.05, 3.63) is 0 Å². The number of carbonyl (C=O) groups excluding carboxylic acids is 3. The second-order valence-corrected chi connectivity index (χ2v) is 8.77. The Hall–Kier alpha value is -1.67. The zero-order valence-corrected chi connectivity index (χ0v) is 16.7. The van der Waals surface area contributed by atoms with E-state index < -0.39 is 11.6 Å². The van der Waals surface area contributed by atoms with E-state index in [1.54, 1.807) is 0 Å². The fourth-order valence-corrected chi connectivity index (χ4v) is 4.21. The van der Waals surface area contributed by atoms with Crippen molar-refractivity contribution in [1.29, 1.82) is 0 Å². The molecule has 8 nitrogen and oxygen atoms in total. The first kappa shape index (κ1) is 20.1. The number of nitrogens with one attached hydrogen (secondary N) is 2. The number of rotatable bonds is 5. The molecule has 1 aliphatic carbocycles. The lowest BCUT2D eigenvalue weighted by Gasteiger charge is -2.40. The van der Waals surface area contributed by atoms with Crippen LogP contribution in [0.25, 0.3) is 0 Å². The minimum atomic E-state index is -0.795. The molecule has 27 heavy (non-hydrogen) atoms. The van der Waals surface area contributed by atoms with E-state index in [9.17, 15) is 14.4 Å². The average molecular weight is 380 g/mol. The van der Waals surface area contributed by atoms with E-state index in [0.717, 1.165) is 30.8 Å². The SMILES string of the molecule is CC1CCC2(CC1)NC(=O)N(CC(=O)NCC(C)(C)N1CCOCC1)C2=O. The van der Waals surface area contributed by atoms with E-state index in [-0.39, 0.29) is 23.9 Å². The minimum Gasteiger partial charge on any atom is -0.379 e. The van der Waals surface area contributed by atoms with Crippen molar-refractivity contribution in [3.63, 3.8) is 0 Å². The van der Waals surface area contributed by atoms with Gasteiger partial charge in [-0.2, -0.15) is 0 Å². The van der Waals surface area contributed by atoms with E-state index in [1.165, 1.54) is 0 Å². The topological polar surface area (TPSA) is 91.0 Å². The molecule has 152 valence electrons. The number of imide groups is 1. The van der Waals surface area contributed by atoms with Crippen LogP contribution in [-0.4, -0.2) is 78.1 Å². The van der Waals surface area contributed by atoms with Crippen molar-refractivity contribution in [2.24, 2.45) is 5.92 Å². The van der Waals surface area contributed by atoms with Crippen LogP contribution in [0.2, 0.25) is 0 Å². The predicted molar refractivity (Wildman–Crippen MR) is 100 cm³/mol. The van der Waals surface area contributed by atoms with Gasteiger partial charge in [0.15, 0.2) is 0 Å². The summed E-state index contributed by atoms with van der Waals surface area (Å²) in [6.45, 7) is 9.60. The Kier molecular flexibility index (Phi) is 5.76. The van der Waals surface area contributed by atoms with Gasteiger partial charge in [0.25, 0.3) is 5.91 Å². The van der Waals surface area contributed by atoms with Gasteiger partial charge in [-0.1, -0.05) is 6.92 Å². The number of urea groups is 1. The first-order valence-electron chi connectivity index (χ1n) is 9.97. The molecule has 2 heterocycles. The molecule has 3 fully saturated rings. The van der Waals surface area contributed by atoms with Crippen molar-refractivity contribution in [3.8, 4) is 0 Å². The Bertz CT molecular complexity index is 593. The van der Waals surface area contributed by atoms with E-state index in [1.807, 2.05) is 0 Å². The number of ether oxygens (including phenoxy) is 1. The third-order valence-corrected chi connectivity index (χ3v) is 6.26. The second kappa shape index (κ2) is 7.75. The molecule has 0 unspecified atom stereocenters. The summed E-state index contributed by atoms with van der Waals surface area (Å²) in [7, 11) is 0. The summed E-state index contributed by atoms with van der Waals surface area (Å²) in [6, 6.07) is -0.447. The van der Waals surface area contributed by atoms with Crippen molar-refractivity contribution in [1.82, 2.24) is 20.4 Å². The van der Waals surface area contributed by atoms with Crippen LogP contribution in [0.5, 0.6) is 0 Å².